The van der Waals surface area contributed by atoms with Crippen molar-refractivity contribution in [3.05, 3.63) is 35.9 Å². The summed E-state index contributed by atoms with van der Waals surface area (Å²) >= 11 is 0. The Morgan fingerprint density at radius 3 is 2.38 bits per heavy atom. The molecule has 1 heterocycles. The van der Waals surface area contributed by atoms with E-state index in [1.165, 1.54) is 4.90 Å². The molecule has 0 bridgehead atoms. The molecule has 0 saturated carbocycles. The molecule has 1 saturated heterocycles. The zero-order valence-corrected chi connectivity index (χ0v) is 9.36. The Bertz CT molecular complexity index is 430. The fourth-order valence-corrected chi connectivity index (χ4v) is 1.95. The number of nitrogens with zero attached hydrogens (tertiary/aromatic N) is 1. The molecule has 4 nitrogen and oxygen atoms in total. The van der Waals surface area contributed by atoms with Crippen LogP contribution < -0.4 is 5.32 Å². The molecule has 3 amide bonds. The Morgan fingerprint density at radius 2 is 1.88 bits per heavy atom. The molecular formula is C12H14N2O2. The molecular weight excluding hydrogens is 204 g/mol. The number of nitrogens with one attached hydrogen (secondary N) is 1. The highest BCUT2D eigenvalue weighted by Gasteiger charge is 2.48. The lowest BCUT2D eigenvalue weighted by atomic mass is 9.92. The van der Waals surface area contributed by atoms with Gasteiger partial charge in [-0.15, -0.1) is 0 Å². The third-order valence-electron chi connectivity index (χ3n) is 2.94. The number of carbonyl (C=O) groups excluding carboxylic acids is 2. The molecule has 0 aromatic heterocycles. The van der Waals surface area contributed by atoms with E-state index in [4.69, 9.17) is 0 Å². The van der Waals surface area contributed by atoms with E-state index < -0.39 is 5.54 Å². The van der Waals surface area contributed by atoms with Crippen molar-refractivity contribution < 1.29 is 9.59 Å². The van der Waals surface area contributed by atoms with Crippen LogP contribution in [0.2, 0.25) is 0 Å². The first-order valence-corrected chi connectivity index (χ1v) is 5.29. The molecule has 0 aliphatic carbocycles. The summed E-state index contributed by atoms with van der Waals surface area (Å²) in [6.45, 7) is 3.92. The monoisotopic (exact) mass is 218 g/mol. The first kappa shape index (κ1) is 10.7. The van der Waals surface area contributed by atoms with Crippen molar-refractivity contribution in [2.24, 2.45) is 0 Å². The van der Waals surface area contributed by atoms with E-state index in [9.17, 15) is 9.59 Å². The molecule has 4 heteroatoms. The molecule has 1 aliphatic rings. The number of benzene rings is 1. The van der Waals surface area contributed by atoms with Crippen LogP contribution in [-0.2, 0) is 10.3 Å². The van der Waals surface area contributed by atoms with Crippen molar-refractivity contribution >= 4 is 11.9 Å². The van der Waals surface area contributed by atoms with E-state index in [0.29, 0.717) is 6.54 Å². The van der Waals surface area contributed by atoms with Crippen LogP contribution in [-0.4, -0.2) is 23.4 Å². The van der Waals surface area contributed by atoms with Gasteiger partial charge < -0.3 is 5.32 Å². The number of likely N-dealkylation sites (N-methyl/N-ethyl adjacent to an activating group) is 1. The number of hydrogen-bond acceptors (Lipinski definition) is 2. The second-order valence-corrected chi connectivity index (χ2v) is 3.97. The predicted molar refractivity (Wildman–Crippen MR) is 59.7 cm³/mol. The van der Waals surface area contributed by atoms with E-state index >= 15 is 0 Å². The van der Waals surface area contributed by atoms with Gasteiger partial charge in [0.1, 0.15) is 5.54 Å². The molecule has 0 spiro atoms. The lowest BCUT2D eigenvalue weighted by Crippen LogP contribution is -2.40. The van der Waals surface area contributed by atoms with Gasteiger partial charge in [0.15, 0.2) is 0 Å². The van der Waals surface area contributed by atoms with Gasteiger partial charge in [-0.05, 0) is 19.4 Å². The summed E-state index contributed by atoms with van der Waals surface area (Å²) in [5.41, 5.74) is -0.113. The number of urea groups is 1. The number of imide groups is 1. The Hall–Kier alpha value is -1.84. The number of amides is 3. The van der Waals surface area contributed by atoms with Crippen molar-refractivity contribution in [2.45, 2.75) is 19.4 Å². The number of carbonyl (C=O) groups is 2. The van der Waals surface area contributed by atoms with Crippen LogP contribution in [0.4, 0.5) is 4.79 Å². The predicted octanol–water partition coefficient (Wildman–Crippen LogP) is 1.47. The summed E-state index contributed by atoms with van der Waals surface area (Å²) in [7, 11) is 0. The van der Waals surface area contributed by atoms with Crippen molar-refractivity contribution in [3.8, 4) is 0 Å². The second-order valence-electron chi connectivity index (χ2n) is 3.97. The fraction of sp³-hybridized carbons (Fsp3) is 0.333. The molecule has 0 radical (unpaired) electrons. The molecule has 1 aromatic rings. The molecule has 1 aliphatic heterocycles. The first-order valence-electron chi connectivity index (χ1n) is 5.29. The highest BCUT2D eigenvalue weighted by Crippen LogP contribution is 2.28. The Kier molecular flexibility index (Phi) is 2.42. The maximum absolute atomic E-state index is 12.1. The molecule has 1 aromatic carbocycles. The van der Waals surface area contributed by atoms with Crippen molar-refractivity contribution in [3.63, 3.8) is 0 Å². The number of hydrogen-bond donors (Lipinski definition) is 1. The summed E-state index contributed by atoms with van der Waals surface area (Å²) in [4.78, 5) is 24.9. The fourth-order valence-electron chi connectivity index (χ4n) is 1.95. The average Bonchev–Trinajstić information content (AvgIpc) is 2.52. The summed E-state index contributed by atoms with van der Waals surface area (Å²) in [5.74, 6) is -0.189. The summed E-state index contributed by atoms with van der Waals surface area (Å²) in [5, 5.41) is 2.73. The van der Waals surface area contributed by atoms with Crippen LogP contribution in [0.3, 0.4) is 0 Å². The van der Waals surface area contributed by atoms with Crippen LogP contribution in [0.1, 0.15) is 19.4 Å². The maximum atomic E-state index is 12.1. The average molecular weight is 218 g/mol. The van der Waals surface area contributed by atoms with E-state index in [1.807, 2.05) is 30.3 Å². The number of rotatable bonds is 2. The van der Waals surface area contributed by atoms with Gasteiger partial charge >= 0.3 is 6.03 Å². The molecule has 1 N–H and O–H groups in total. The quantitative estimate of drug-likeness (QED) is 0.764. The van der Waals surface area contributed by atoms with Crippen LogP contribution >= 0.6 is 0 Å². The standard InChI is InChI=1S/C12H14N2O2/c1-3-14-10(15)12(2,13-11(14)16)9-7-5-4-6-8-9/h4-8H,3H2,1-2H3,(H,13,16). The SMILES string of the molecule is CCN1C(=O)NC(C)(c2ccccc2)C1=O. The van der Waals surface area contributed by atoms with E-state index in [0.717, 1.165) is 5.56 Å². The zero-order chi connectivity index (χ0) is 11.8. The largest absolute Gasteiger partial charge is 0.325 e. The lowest BCUT2D eigenvalue weighted by molar-refractivity contribution is -0.130. The van der Waals surface area contributed by atoms with Crippen LogP contribution in [0.5, 0.6) is 0 Å². The smallest absolute Gasteiger partial charge is 0.319 e. The van der Waals surface area contributed by atoms with Gasteiger partial charge in [0.05, 0.1) is 0 Å². The molecule has 1 atom stereocenters. The lowest BCUT2D eigenvalue weighted by Gasteiger charge is -2.21. The zero-order valence-electron chi connectivity index (χ0n) is 9.36. The van der Waals surface area contributed by atoms with Gasteiger partial charge in [0.25, 0.3) is 5.91 Å². The summed E-state index contributed by atoms with van der Waals surface area (Å²) in [6.07, 6.45) is 0. The summed E-state index contributed by atoms with van der Waals surface area (Å²) in [6, 6.07) is 8.96. The van der Waals surface area contributed by atoms with Crippen LogP contribution in [0, 0.1) is 0 Å². The van der Waals surface area contributed by atoms with Gasteiger partial charge in [0, 0.05) is 6.54 Å². The van der Waals surface area contributed by atoms with Gasteiger partial charge in [-0.1, -0.05) is 30.3 Å². The summed E-state index contributed by atoms with van der Waals surface area (Å²) < 4.78 is 0. The minimum Gasteiger partial charge on any atom is -0.319 e. The van der Waals surface area contributed by atoms with E-state index in [2.05, 4.69) is 5.32 Å². The van der Waals surface area contributed by atoms with E-state index in [-0.39, 0.29) is 11.9 Å². The maximum Gasteiger partial charge on any atom is 0.325 e. The van der Waals surface area contributed by atoms with E-state index in [1.54, 1.807) is 13.8 Å². The van der Waals surface area contributed by atoms with Crippen molar-refractivity contribution in [1.29, 1.82) is 0 Å². The minimum atomic E-state index is -0.922. The topological polar surface area (TPSA) is 49.4 Å². The first-order chi connectivity index (χ1) is 7.59. The Morgan fingerprint density at radius 1 is 1.25 bits per heavy atom. The van der Waals surface area contributed by atoms with Gasteiger partial charge in [-0.3, -0.25) is 9.69 Å². The second kappa shape index (κ2) is 3.63. The minimum absolute atomic E-state index is 0.189. The highest BCUT2D eigenvalue weighted by molar-refractivity contribution is 6.07. The van der Waals surface area contributed by atoms with Crippen LogP contribution in [0.25, 0.3) is 0 Å². The molecule has 1 fully saturated rings. The third kappa shape index (κ3) is 1.38. The van der Waals surface area contributed by atoms with Crippen molar-refractivity contribution in [2.75, 3.05) is 6.54 Å². The third-order valence-corrected chi connectivity index (χ3v) is 2.94. The Balaban J connectivity index is 2.42. The molecule has 84 valence electrons. The molecule has 2 rings (SSSR count). The van der Waals surface area contributed by atoms with Crippen LogP contribution in [0.15, 0.2) is 30.3 Å². The molecule has 1 unspecified atom stereocenters. The van der Waals surface area contributed by atoms with Crippen molar-refractivity contribution in [1.82, 2.24) is 10.2 Å². The molecule has 16 heavy (non-hydrogen) atoms. The Labute approximate surface area is 94.2 Å². The normalized spacial score (nSPS) is 24.8. The highest BCUT2D eigenvalue weighted by atomic mass is 16.2. The van der Waals surface area contributed by atoms with Gasteiger partial charge in [-0.2, -0.15) is 0 Å². The van der Waals surface area contributed by atoms with Gasteiger partial charge in [0.2, 0.25) is 0 Å². The van der Waals surface area contributed by atoms with Gasteiger partial charge in [-0.25, -0.2) is 4.79 Å².